The van der Waals surface area contributed by atoms with Crippen LogP contribution in [0.5, 0.6) is 11.5 Å². The topological polar surface area (TPSA) is 83.5 Å². The number of rotatable bonds is 12. The summed E-state index contributed by atoms with van der Waals surface area (Å²) in [6, 6.07) is 23.8. The molecule has 6 aromatic rings. The molecule has 3 aromatic carbocycles. The molecule has 3 heterocycles. The number of ether oxygens (including phenoxy) is 2. The zero-order chi connectivity index (χ0) is 31.2. The van der Waals surface area contributed by atoms with Crippen LogP contribution in [0.15, 0.2) is 83.8 Å². The number of benzene rings is 3. The Labute approximate surface area is 265 Å². The Balaban J connectivity index is 1.32. The van der Waals surface area contributed by atoms with Crippen LogP contribution in [0.2, 0.25) is 0 Å². The van der Waals surface area contributed by atoms with Crippen LogP contribution in [-0.2, 0) is 0 Å². The van der Waals surface area contributed by atoms with Crippen molar-refractivity contribution < 1.29 is 9.47 Å². The lowest BCUT2D eigenvalue weighted by Gasteiger charge is -2.09. The molecular weight excluding hydrogens is 582 g/mol. The number of thiazole rings is 1. The lowest BCUT2D eigenvalue weighted by Crippen LogP contribution is -2.23. The summed E-state index contributed by atoms with van der Waals surface area (Å²) < 4.78 is 15.3. The molecule has 0 saturated carbocycles. The van der Waals surface area contributed by atoms with Crippen molar-refractivity contribution in [1.29, 1.82) is 0 Å². The summed E-state index contributed by atoms with van der Waals surface area (Å²) in [4.78, 5) is 18.6. The Morgan fingerprint density at radius 3 is 2.38 bits per heavy atom. The molecule has 9 heteroatoms. The molecule has 228 valence electrons. The molecule has 0 aliphatic rings. The summed E-state index contributed by atoms with van der Waals surface area (Å²) >= 11 is 1.31. The normalized spacial score (nSPS) is 12.0. The van der Waals surface area contributed by atoms with Gasteiger partial charge in [-0.3, -0.25) is 4.79 Å². The molecule has 0 fully saturated rings. The van der Waals surface area contributed by atoms with Gasteiger partial charge in [-0.15, -0.1) is 5.10 Å². The number of aromatic nitrogens is 5. The van der Waals surface area contributed by atoms with Gasteiger partial charge < -0.3 is 9.47 Å². The van der Waals surface area contributed by atoms with E-state index in [0.717, 1.165) is 64.4 Å². The third kappa shape index (κ3) is 6.89. The third-order valence-corrected chi connectivity index (χ3v) is 8.20. The second kappa shape index (κ2) is 13.7. The van der Waals surface area contributed by atoms with E-state index in [1.54, 1.807) is 0 Å². The SMILES string of the molecule is CCCCOc1ccc(-c2nn(-c3ccccc3)cc2/C=c2\sc3nc(/C=C/c4ccc(OCCC)cc4)nn3c2=O)c(C)c1. The average molecular weight is 618 g/mol. The highest BCUT2D eigenvalue weighted by molar-refractivity contribution is 7.15. The second-order valence-corrected chi connectivity index (χ2v) is 11.7. The molecule has 0 atom stereocenters. The maximum atomic E-state index is 13.5. The molecular formula is C36H35N5O3S. The predicted molar refractivity (Wildman–Crippen MR) is 181 cm³/mol. The largest absolute Gasteiger partial charge is 0.494 e. The first-order valence-corrected chi connectivity index (χ1v) is 16.0. The number of fused-ring (bicyclic) bond motifs is 1. The van der Waals surface area contributed by atoms with E-state index in [-0.39, 0.29) is 5.56 Å². The second-order valence-electron chi connectivity index (χ2n) is 10.7. The molecule has 0 radical (unpaired) electrons. The number of nitrogens with zero attached hydrogens (tertiary/aromatic N) is 5. The third-order valence-electron chi connectivity index (χ3n) is 7.25. The van der Waals surface area contributed by atoms with Crippen molar-refractivity contribution in [1.82, 2.24) is 24.4 Å². The molecule has 0 unspecified atom stereocenters. The Morgan fingerprint density at radius 1 is 0.867 bits per heavy atom. The van der Waals surface area contributed by atoms with Gasteiger partial charge in [0.2, 0.25) is 4.96 Å². The molecule has 0 bridgehead atoms. The zero-order valence-electron chi connectivity index (χ0n) is 25.6. The van der Waals surface area contributed by atoms with E-state index in [9.17, 15) is 4.79 Å². The number of aryl methyl sites for hydroxylation is 1. The van der Waals surface area contributed by atoms with Crippen molar-refractivity contribution in [2.45, 2.75) is 40.0 Å². The van der Waals surface area contributed by atoms with E-state index in [0.29, 0.717) is 28.5 Å². The molecule has 3 aromatic heterocycles. The van der Waals surface area contributed by atoms with Gasteiger partial charge in [0, 0.05) is 17.3 Å². The summed E-state index contributed by atoms with van der Waals surface area (Å²) in [6.45, 7) is 7.67. The van der Waals surface area contributed by atoms with Gasteiger partial charge in [0.15, 0.2) is 5.82 Å². The molecule has 8 nitrogen and oxygen atoms in total. The molecule has 0 aliphatic heterocycles. The van der Waals surface area contributed by atoms with Gasteiger partial charge in [-0.2, -0.15) is 14.6 Å². The van der Waals surface area contributed by atoms with Crippen LogP contribution in [0.25, 0.3) is 40.1 Å². The quantitative estimate of drug-likeness (QED) is 0.138. The van der Waals surface area contributed by atoms with Gasteiger partial charge in [0.1, 0.15) is 17.2 Å². The number of hydrogen-bond donors (Lipinski definition) is 0. The van der Waals surface area contributed by atoms with E-state index < -0.39 is 0 Å². The fourth-order valence-electron chi connectivity index (χ4n) is 4.87. The van der Waals surface area contributed by atoms with Crippen molar-refractivity contribution in [3.63, 3.8) is 0 Å². The number of unbranched alkanes of at least 4 members (excludes halogenated alkanes) is 1. The smallest absolute Gasteiger partial charge is 0.291 e. The van der Waals surface area contributed by atoms with E-state index in [2.05, 4.69) is 30.9 Å². The van der Waals surface area contributed by atoms with Gasteiger partial charge in [-0.1, -0.05) is 68.0 Å². The minimum Gasteiger partial charge on any atom is -0.494 e. The standard InChI is InChI=1S/C36H35N5O3S/c1-4-6-21-44-30-17-18-31(25(3)22-30)34-27(24-40(39-34)28-10-8-7-9-11-28)23-32-35(42)41-36(45-32)37-33(38-41)19-14-26-12-15-29(16-13-26)43-20-5-2/h7-19,22-24H,4-6,20-21H2,1-3H3/b19-14+,32-23-. The predicted octanol–water partition coefficient (Wildman–Crippen LogP) is 7.00. The zero-order valence-corrected chi connectivity index (χ0v) is 26.5. The molecule has 0 saturated heterocycles. The van der Waals surface area contributed by atoms with Crippen LogP contribution >= 0.6 is 11.3 Å². The van der Waals surface area contributed by atoms with Gasteiger partial charge in [-0.25, -0.2) is 4.68 Å². The van der Waals surface area contributed by atoms with E-state index in [4.69, 9.17) is 14.6 Å². The fourth-order valence-corrected chi connectivity index (χ4v) is 5.77. The molecule has 0 N–H and O–H groups in total. The van der Waals surface area contributed by atoms with Gasteiger partial charge in [-0.05, 0) is 85.5 Å². The van der Waals surface area contributed by atoms with Gasteiger partial charge in [0.05, 0.1) is 23.4 Å². The summed E-state index contributed by atoms with van der Waals surface area (Å²) in [5, 5.41) is 9.44. The highest BCUT2D eigenvalue weighted by Gasteiger charge is 2.16. The van der Waals surface area contributed by atoms with Crippen LogP contribution in [-0.4, -0.2) is 37.6 Å². The molecule has 0 amide bonds. The van der Waals surface area contributed by atoms with E-state index in [1.807, 2.05) is 102 Å². The Morgan fingerprint density at radius 2 is 1.64 bits per heavy atom. The van der Waals surface area contributed by atoms with Crippen molar-refractivity contribution in [2.24, 2.45) is 0 Å². The molecule has 6 rings (SSSR count). The van der Waals surface area contributed by atoms with Crippen LogP contribution in [0.1, 0.15) is 55.6 Å². The summed E-state index contributed by atoms with van der Waals surface area (Å²) in [7, 11) is 0. The van der Waals surface area contributed by atoms with E-state index in [1.165, 1.54) is 15.9 Å². The van der Waals surface area contributed by atoms with Crippen LogP contribution < -0.4 is 19.6 Å². The highest BCUT2D eigenvalue weighted by atomic mass is 32.1. The van der Waals surface area contributed by atoms with Gasteiger partial charge in [0.25, 0.3) is 5.56 Å². The Hall–Kier alpha value is -5.02. The minimum atomic E-state index is -0.214. The minimum absolute atomic E-state index is 0.214. The lowest BCUT2D eigenvalue weighted by molar-refractivity contribution is 0.309. The summed E-state index contributed by atoms with van der Waals surface area (Å²) in [5.74, 6) is 2.16. The van der Waals surface area contributed by atoms with E-state index >= 15 is 0 Å². The van der Waals surface area contributed by atoms with Crippen molar-refractivity contribution in [3.8, 4) is 28.4 Å². The van der Waals surface area contributed by atoms with Crippen molar-refractivity contribution >= 4 is 34.5 Å². The first kappa shape index (κ1) is 30.0. The Bertz CT molecular complexity index is 2040. The lowest BCUT2D eigenvalue weighted by atomic mass is 10.0. The first-order valence-electron chi connectivity index (χ1n) is 15.2. The van der Waals surface area contributed by atoms with Crippen LogP contribution in [0.4, 0.5) is 0 Å². The summed E-state index contributed by atoms with van der Waals surface area (Å²) in [6.07, 6.45) is 10.6. The number of para-hydroxylation sites is 1. The monoisotopic (exact) mass is 617 g/mol. The van der Waals surface area contributed by atoms with Crippen molar-refractivity contribution in [2.75, 3.05) is 13.2 Å². The number of hydrogen-bond acceptors (Lipinski definition) is 7. The highest BCUT2D eigenvalue weighted by Crippen LogP contribution is 2.30. The van der Waals surface area contributed by atoms with Gasteiger partial charge >= 0.3 is 0 Å². The van der Waals surface area contributed by atoms with Crippen LogP contribution in [0.3, 0.4) is 0 Å². The molecule has 0 spiro atoms. The maximum absolute atomic E-state index is 13.5. The first-order chi connectivity index (χ1) is 22.0. The fraction of sp³-hybridized carbons (Fsp3) is 0.222. The summed E-state index contributed by atoms with van der Waals surface area (Å²) in [5.41, 5.74) is 5.34. The molecule has 0 aliphatic carbocycles. The average Bonchev–Trinajstić information content (AvgIpc) is 3.74. The van der Waals surface area contributed by atoms with Crippen molar-refractivity contribution in [3.05, 3.63) is 116 Å². The maximum Gasteiger partial charge on any atom is 0.291 e. The van der Waals surface area contributed by atoms with Crippen LogP contribution in [0, 0.1) is 6.92 Å². The Kier molecular flexibility index (Phi) is 9.17. The molecule has 45 heavy (non-hydrogen) atoms.